The molecule has 0 atom stereocenters. The second-order valence-corrected chi connectivity index (χ2v) is 5.29. The molecule has 0 bridgehead atoms. The minimum Gasteiger partial charge on any atom is -0.258 e. The van der Waals surface area contributed by atoms with Gasteiger partial charge in [-0.25, -0.2) is 13.1 Å². The van der Waals surface area contributed by atoms with Crippen LogP contribution >= 0.6 is 0 Å². The van der Waals surface area contributed by atoms with Crippen LogP contribution in [0.1, 0.15) is 12.0 Å². The van der Waals surface area contributed by atoms with Crippen molar-refractivity contribution in [2.75, 3.05) is 6.54 Å². The number of rotatable bonds is 6. The van der Waals surface area contributed by atoms with E-state index in [1.54, 1.807) is 0 Å². The van der Waals surface area contributed by atoms with Crippen LogP contribution in [0.4, 0.5) is 5.69 Å². The van der Waals surface area contributed by atoms with Crippen LogP contribution in [0, 0.1) is 21.4 Å². The molecule has 7 nitrogen and oxygen atoms in total. The Hall–Kier alpha value is -1.98. The van der Waals surface area contributed by atoms with Crippen molar-refractivity contribution in [2.24, 2.45) is 0 Å². The lowest BCUT2D eigenvalue weighted by atomic mass is 10.2. The molecule has 0 radical (unpaired) electrons. The quantitative estimate of drug-likeness (QED) is 0.469. The van der Waals surface area contributed by atoms with E-state index in [1.165, 1.54) is 24.3 Å². The average Bonchev–Trinajstić information content (AvgIpc) is 2.29. The van der Waals surface area contributed by atoms with Crippen molar-refractivity contribution in [3.63, 3.8) is 0 Å². The van der Waals surface area contributed by atoms with Gasteiger partial charge in [-0.3, -0.25) is 10.1 Å². The van der Waals surface area contributed by atoms with Gasteiger partial charge in [-0.1, -0.05) is 12.1 Å². The number of nitrogens with one attached hydrogen (secondary N) is 1. The summed E-state index contributed by atoms with van der Waals surface area (Å²) in [6.07, 6.45) is 0.0967. The molecule has 0 unspecified atom stereocenters. The highest BCUT2D eigenvalue weighted by atomic mass is 32.2. The fourth-order valence-corrected chi connectivity index (χ4v) is 2.39. The topological polar surface area (TPSA) is 113 Å². The van der Waals surface area contributed by atoms with Crippen LogP contribution in [0.3, 0.4) is 0 Å². The Morgan fingerprint density at radius 2 is 1.94 bits per heavy atom. The van der Waals surface area contributed by atoms with Crippen molar-refractivity contribution in [1.29, 1.82) is 5.26 Å². The number of nitriles is 1. The van der Waals surface area contributed by atoms with Gasteiger partial charge in [0.15, 0.2) is 0 Å². The first kappa shape index (κ1) is 14.1. The summed E-state index contributed by atoms with van der Waals surface area (Å²) in [5.74, 6) is -0.267. The third-order valence-electron chi connectivity index (χ3n) is 2.06. The summed E-state index contributed by atoms with van der Waals surface area (Å²) in [4.78, 5) is 9.86. The number of non-ortho nitro benzene ring substituents is 1. The molecule has 0 aliphatic rings. The Morgan fingerprint density at radius 1 is 1.33 bits per heavy atom. The van der Waals surface area contributed by atoms with Gasteiger partial charge in [0, 0.05) is 25.1 Å². The van der Waals surface area contributed by atoms with E-state index in [0.29, 0.717) is 5.56 Å². The summed E-state index contributed by atoms with van der Waals surface area (Å²) >= 11 is 0. The van der Waals surface area contributed by atoms with Gasteiger partial charge < -0.3 is 0 Å². The molecule has 0 amide bonds. The average molecular weight is 269 g/mol. The van der Waals surface area contributed by atoms with E-state index in [4.69, 9.17) is 5.26 Å². The smallest absolute Gasteiger partial charge is 0.258 e. The Balaban J connectivity index is 2.67. The monoisotopic (exact) mass is 269 g/mol. The molecule has 8 heteroatoms. The van der Waals surface area contributed by atoms with Crippen molar-refractivity contribution >= 4 is 15.7 Å². The second-order valence-electron chi connectivity index (χ2n) is 3.49. The third kappa shape index (κ3) is 4.48. The zero-order valence-electron chi connectivity index (χ0n) is 9.37. The zero-order chi connectivity index (χ0) is 13.6. The molecule has 1 aromatic rings. The van der Waals surface area contributed by atoms with Crippen molar-refractivity contribution in [3.05, 3.63) is 39.9 Å². The van der Waals surface area contributed by atoms with Crippen LogP contribution in [-0.2, 0) is 15.8 Å². The molecule has 0 saturated carbocycles. The standard InChI is InChI=1S/C10H11N3O4S/c11-6-1-7-12-18(16,17)8-9-2-4-10(5-3-9)13(14)15/h2-5,12H,1,7-8H2. The Morgan fingerprint density at radius 3 is 2.44 bits per heavy atom. The first-order valence-corrected chi connectivity index (χ1v) is 6.67. The van der Waals surface area contributed by atoms with Crippen molar-refractivity contribution in [3.8, 4) is 6.07 Å². The Bertz CT molecular complexity index is 560. The molecule has 1 N–H and O–H groups in total. The first-order chi connectivity index (χ1) is 8.44. The van der Waals surface area contributed by atoms with E-state index >= 15 is 0 Å². The minimum absolute atomic E-state index is 0.0613. The predicted octanol–water partition coefficient (Wildman–Crippen LogP) is 0.928. The largest absolute Gasteiger partial charge is 0.269 e. The maximum absolute atomic E-state index is 11.5. The van der Waals surface area contributed by atoms with Gasteiger partial charge in [-0.05, 0) is 5.56 Å². The molecule has 0 spiro atoms. The summed E-state index contributed by atoms with van der Waals surface area (Å²) < 4.78 is 25.3. The SMILES string of the molecule is N#CCCNS(=O)(=O)Cc1ccc([N+](=O)[O-])cc1. The van der Waals surface area contributed by atoms with E-state index in [9.17, 15) is 18.5 Å². The van der Waals surface area contributed by atoms with Gasteiger partial charge in [-0.15, -0.1) is 0 Å². The van der Waals surface area contributed by atoms with Gasteiger partial charge in [0.2, 0.25) is 10.0 Å². The van der Waals surface area contributed by atoms with Crippen LogP contribution < -0.4 is 4.72 Å². The minimum atomic E-state index is -3.51. The lowest BCUT2D eigenvalue weighted by molar-refractivity contribution is -0.384. The van der Waals surface area contributed by atoms with E-state index < -0.39 is 14.9 Å². The summed E-state index contributed by atoms with van der Waals surface area (Å²) in [7, 11) is -3.51. The maximum atomic E-state index is 11.5. The number of sulfonamides is 1. The number of nitro benzene ring substituents is 1. The third-order valence-corrected chi connectivity index (χ3v) is 3.42. The fraction of sp³-hybridized carbons (Fsp3) is 0.300. The molecule has 96 valence electrons. The lowest BCUT2D eigenvalue weighted by Crippen LogP contribution is -2.25. The lowest BCUT2D eigenvalue weighted by Gasteiger charge is -2.04. The normalized spacial score (nSPS) is 10.8. The molecule has 0 aliphatic carbocycles. The number of benzene rings is 1. The number of hydrogen-bond donors (Lipinski definition) is 1. The molecule has 18 heavy (non-hydrogen) atoms. The van der Waals surface area contributed by atoms with Gasteiger partial charge in [0.1, 0.15) is 0 Å². The van der Waals surface area contributed by atoms with E-state index in [0.717, 1.165) is 0 Å². The molecule has 1 aromatic carbocycles. The van der Waals surface area contributed by atoms with Gasteiger partial charge in [0.25, 0.3) is 5.69 Å². The van der Waals surface area contributed by atoms with Crippen LogP contribution in [0.5, 0.6) is 0 Å². The van der Waals surface area contributed by atoms with Crippen molar-refractivity contribution in [2.45, 2.75) is 12.2 Å². The van der Waals surface area contributed by atoms with Gasteiger partial charge in [0.05, 0.1) is 16.7 Å². The summed E-state index contributed by atoms with van der Waals surface area (Å²) in [5.41, 5.74) is 0.360. The van der Waals surface area contributed by atoms with Crippen LogP contribution in [0.2, 0.25) is 0 Å². The Labute approximate surface area is 104 Å². The van der Waals surface area contributed by atoms with Gasteiger partial charge in [-0.2, -0.15) is 5.26 Å². The molecule has 0 saturated heterocycles. The molecular formula is C10H11N3O4S. The van der Waals surface area contributed by atoms with E-state index in [-0.39, 0.29) is 24.4 Å². The summed E-state index contributed by atoms with van der Waals surface area (Å²) in [5, 5.41) is 18.7. The molecule has 0 aromatic heterocycles. The Kier molecular flexibility index (Phi) is 4.76. The fourth-order valence-electron chi connectivity index (χ4n) is 1.25. The highest BCUT2D eigenvalue weighted by Gasteiger charge is 2.12. The molecule has 0 fully saturated rings. The number of nitro groups is 1. The first-order valence-electron chi connectivity index (χ1n) is 5.02. The van der Waals surface area contributed by atoms with Gasteiger partial charge >= 0.3 is 0 Å². The van der Waals surface area contributed by atoms with Crippen LogP contribution in [0.25, 0.3) is 0 Å². The second kappa shape index (κ2) is 6.09. The summed E-state index contributed by atoms with van der Waals surface area (Å²) in [6, 6.07) is 7.10. The van der Waals surface area contributed by atoms with Crippen molar-refractivity contribution < 1.29 is 13.3 Å². The molecule has 1 rings (SSSR count). The van der Waals surface area contributed by atoms with Crippen LogP contribution in [-0.4, -0.2) is 19.9 Å². The highest BCUT2D eigenvalue weighted by Crippen LogP contribution is 2.13. The van der Waals surface area contributed by atoms with E-state index in [1.807, 2.05) is 6.07 Å². The zero-order valence-corrected chi connectivity index (χ0v) is 10.2. The maximum Gasteiger partial charge on any atom is 0.269 e. The summed E-state index contributed by atoms with van der Waals surface area (Å²) in [6.45, 7) is 0.0613. The van der Waals surface area contributed by atoms with Crippen molar-refractivity contribution in [1.82, 2.24) is 4.72 Å². The van der Waals surface area contributed by atoms with Crippen LogP contribution in [0.15, 0.2) is 24.3 Å². The number of hydrogen-bond acceptors (Lipinski definition) is 5. The molecular weight excluding hydrogens is 258 g/mol. The molecule has 0 aliphatic heterocycles. The molecule has 0 heterocycles. The van der Waals surface area contributed by atoms with E-state index in [2.05, 4.69) is 4.72 Å². The highest BCUT2D eigenvalue weighted by molar-refractivity contribution is 7.88. The number of nitrogens with zero attached hydrogens (tertiary/aromatic N) is 2. The predicted molar refractivity (Wildman–Crippen MR) is 64.0 cm³/mol.